The lowest BCUT2D eigenvalue weighted by Crippen LogP contribution is -2.33. The predicted molar refractivity (Wildman–Crippen MR) is 134 cm³/mol. The maximum atomic E-state index is 14.2. The lowest BCUT2D eigenvalue weighted by atomic mass is 10.1. The summed E-state index contributed by atoms with van der Waals surface area (Å²) in [4.78, 5) is 23.3. The number of rotatable bonds is 11. The number of hydrogen-bond acceptors (Lipinski definition) is 8. The van der Waals surface area contributed by atoms with E-state index in [-0.39, 0.29) is 30.2 Å². The Labute approximate surface area is 209 Å². The van der Waals surface area contributed by atoms with Gasteiger partial charge in [-0.25, -0.2) is 15.2 Å². The van der Waals surface area contributed by atoms with Crippen molar-refractivity contribution in [2.45, 2.75) is 38.3 Å². The van der Waals surface area contributed by atoms with E-state index in [4.69, 9.17) is 21.3 Å². The van der Waals surface area contributed by atoms with Gasteiger partial charge < -0.3 is 30.1 Å². The number of nitrogens with one attached hydrogen (secondary N) is 1. The minimum absolute atomic E-state index is 0.0421. The Kier molecular flexibility index (Phi) is 7.70. The number of nitrogens with two attached hydrogens (primary N) is 2. The average molecular weight is 497 g/mol. The lowest BCUT2D eigenvalue weighted by molar-refractivity contribution is -0.117. The van der Waals surface area contributed by atoms with Crippen molar-refractivity contribution in [1.82, 2.24) is 29.6 Å². The fraction of sp³-hybridized carbons (Fsp3) is 0.400. The van der Waals surface area contributed by atoms with Gasteiger partial charge in [0.15, 0.2) is 11.6 Å². The third-order valence-electron chi connectivity index (χ3n) is 6.05. The molecule has 192 valence electrons. The van der Waals surface area contributed by atoms with Crippen LogP contribution in [0.15, 0.2) is 42.6 Å². The van der Waals surface area contributed by atoms with Crippen LogP contribution in [0, 0.1) is 5.82 Å². The summed E-state index contributed by atoms with van der Waals surface area (Å²) in [5, 5.41) is 3.85. The molecule has 36 heavy (non-hydrogen) atoms. The highest BCUT2D eigenvalue weighted by atomic mass is 19.1. The largest absolute Gasteiger partial charge is 0.494 e. The Bertz CT molecular complexity index is 1270. The number of hydrogen-bond donors (Lipinski definition) is 3. The van der Waals surface area contributed by atoms with Crippen LogP contribution in [0.2, 0.25) is 0 Å². The van der Waals surface area contributed by atoms with Crippen molar-refractivity contribution in [3.8, 4) is 5.75 Å². The van der Waals surface area contributed by atoms with Crippen LogP contribution in [0.25, 0.3) is 5.65 Å². The first kappa shape index (κ1) is 25.4. The van der Waals surface area contributed by atoms with Crippen molar-refractivity contribution in [3.63, 3.8) is 0 Å². The molecule has 0 aromatic carbocycles. The summed E-state index contributed by atoms with van der Waals surface area (Å²) < 4.78 is 21.2. The number of carbonyl (C=O) groups excluding carboxylic acids is 1. The third-order valence-corrected chi connectivity index (χ3v) is 6.05. The molecule has 0 saturated heterocycles. The fourth-order valence-corrected chi connectivity index (χ4v) is 3.97. The van der Waals surface area contributed by atoms with Crippen molar-refractivity contribution in [2.24, 2.45) is 11.6 Å². The third kappa shape index (κ3) is 6.10. The number of pyridine rings is 2. The van der Waals surface area contributed by atoms with Gasteiger partial charge in [0.25, 0.3) is 5.91 Å². The van der Waals surface area contributed by atoms with Gasteiger partial charge >= 0.3 is 0 Å². The van der Waals surface area contributed by atoms with E-state index in [1.165, 1.54) is 54.6 Å². The van der Waals surface area contributed by atoms with Crippen LogP contribution in [-0.4, -0.2) is 57.9 Å². The van der Waals surface area contributed by atoms with Gasteiger partial charge in [-0.2, -0.15) is 0 Å². The van der Waals surface area contributed by atoms with Crippen LogP contribution in [0.4, 0.5) is 4.39 Å². The number of amides is 1. The molecule has 1 aliphatic carbocycles. The number of nitrogens with zero attached hydrogens (tertiary/aromatic N) is 5. The summed E-state index contributed by atoms with van der Waals surface area (Å²) in [6, 6.07) is 3.67. The van der Waals surface area contributed by atoms with Crippen LogP contribution in [0.1, 0.15) is 41.3 Å². The van der Waals surface area contributed by atoms with Crippen LogP contribution in [-0.2, 0) is 24.3 Å². The highest BCUT2D eigenvalue weighted by molar-refractivity contribution is 5.92. The smallest absolute Gasteiger partial charge is 0.269 e. The molecule has 1 fully saturated rings. The number of ether oxygens (including phenoxy) is 1. The molecule has 0 spiro atoms. The number of methoxy groups -OCH3 is 1. The van der Waals surface area contributed by atoms with Gasteiger partial charge in [0.2, 0.25) is 0 Å². The van der Waals surface area contributed by atoms with Crippen molar-refractivity contribution >= 4 is 11.6 Å². The zero-order valence-electron chi connectivity index (χ0n) is 20.9. The second kappa shape index (κ2) is 10.9. The number of halogens is 1. The average Bonchev–Trinajstić information content (AvgIpc) is 3.61. The molecule has 0 aliphatic heterocycles. The van der Waals surface area contributed by atoms with E-state index in [0.29, 0.717) is 5.92 Å². The number of imidazole rings is 1. The summed E-state index contributed by atoms with van der Waals surface area (Å²) in [5.74, 6) is 5.56. The molecule has 11 heteroatoms. The van der Waals surface area contributed by atoms with Gasteiger partial charge in [-0.3, -0.25) is 9.78 Å². The molecule has 1 saturated carbocycles. The summed E-state index contributed by atoms with van der Waals surface area (Å²) in [7, 11) is 5.47. The van der Waals surface area contributed by atoms with E-state index in [1.807, 2.05) is 6.20 Å². The number of likely N-dealkylation sites (N-methyl/N-ethyl adjacent to an activating group) is 1. The normalized spacial score (nSPS) is 13.9. The maximum absolute atomic E-state index is 14.2. The SMILES string of the molecule is COc1ccnc(CNC(=O)/C(N)=C/N(N)Cc2cn3cc(C4CC4)cc(CCN(C)C)c3n2)c1F. The van der Waals surface area contributed by atoms with Crippen LogP contribution in [0.3, 0.4) is 0 Å². The van der Waals surface area contributed by atoms with Gasteiger partial charge in [0.05, 0.1) is 31.6 Å². The standard InChI is InChI=1S/C25H33FN8O2/c1-32(2)9-7-17-10-18(16-4-5-16)12-33-13-19(31-24(17)33)14-34(28)15-20(27)25(35)30-11-21-23(26)22(36-3)6-8-29-21/h6,8,10,12-13,15-16H,4-5,7,9,11,14,27-28H2,1-3H3,(H,30,35)/b20-15-. The first-order valence-electron chi connectivity index (χ1n) is 11.8. The Morgan fingerprint density at radius 1 is 1.36 bits per heavy atom. The molecule has 10 nitrogen and oxygen atoms in total. The summed E-state index contributed by atoms with van der Waals surface area (Å²) in [6.45, 7) is 1.04. The Hall–Kier alpha value is -3.70. The molecule has 5 N–H and O–H groups in total. The fourth-order valence-electron chi connectivity index (χ4n) is 3.97. The Balaban J connectivity index is 1.42. The molecular formula is C25H33FN8O2. The van der Waals surface area contributed by atoms with Crippen LogP contribution in [0.5, 0.6) is 5.75 Å². The van der Waals surface area contributed by atoms with E-state index >= 15 is 0 Å². The van der Waals surface area contributed by atoms with Gasteiger partial charge in [0.1, 0.15) is 11.3 Å². The van der Waals surface area contributed by atoms with E-state index in [0.717, 1.165) is 24.3 Å². The Morgan fingerprint density at radius 3 is 2.83 bits per heavy atom. The predicted octanol–water partition coefficient (Wildman–Crippen LogP) is 1.65. The first-order chi connectivity index (χ1) is 17.2. The molecule has 1 aliphatic rings. The molecule has 0 atom stereocenters. The van der Waals surface area contributed by atoms with Crippen molar-refractivity contribution in [2.75, 3.05) is 27.7 Å². The van der Waals surface area contributed by atoms with Gasteiger partial charge in [-0.1, -0.05) is 6.07 Å². The van der Waals surface area contributed by atoms with Gasteiger partial charge in [-0.15, -0.1) is 0 Å². The molecule has 3 heterocycles. The highest BCUT2D eigenvalue weighted by Crippen LogP contribution is 2.40. The Morgan fingerprint density at radius 2 is 2.14 bits per heavy atom. The van der Waals surface area contributed by atoms with Crippen molar-refractivity contribution in [3.05, 3.63) is 71.0 Å². The summed E-state index contributed by atoms with van der Waals surface area (Å²) in [6.07, 6.45) is 10.2. The topological polar surface area (TPSA) is 127 Å². The zero-order valence-corrected chi connectivity index (χ0v) is 20.9. The summed E-state index contributed by atoms with van der Waals surface area (Å²) in [5.41, 5.74) is 10.0. The van der Waals surface area contributed by atoms with E-state index in [9.17, 15) is 9.18 Å². The second-order valence-corrected chi connectivity index (χ2v) is 9.30. The minimum Gasteiger partial charge on any atom is -0.494 e. The van der Waals surface area contributed by atoms with Gasteiger partial charge in [0, 0.05) is 37.4 Å². The molecular weight excluding hydrogens is 463 g/mol. The van der Waals surface area contributed by atoms with Crippen LogP contribution < -0.4 is 21.6 Å². The molecule has 0 bridgehead atoms. The van der Waals surface area contributed by atoms with Crippen LogP contribution >= 0.6 is 0 Å². The monoisotopic (exact) mass is 496 g/mol. The second-order valence-electron chi connectivity index (χ2n) is 9.30. The van der Waals surface area contributed by atoms with E-state index in [1.54, 1.807) is 0 Å². The molecule has 0 unspecified atom stereocenters. The van der Waals surface area contributed by atoms with Crippen molar-refractivity contribution in [1.29, 1.82) is 0 Å². The zero-order chi connectivity index (χ0) is 25.8. The number of aromatic nitrogens is 3. The molecule has 3 aromatic rings. The van der Waals surface area contributed by atoms with E-state index < -0.39 is 11.7 Å². The number of carbonyl (C=O) groups is 1. The first-order valence-corrected chi connectivity index (χ1v) is 11.8. The molecule has 4 rings (SSSR count). The lowest BCUT2D eigenvalue weighted by Gasteiger charge is -2.13. The maximum Gasteiger partial charge on any atom is 0.269 e. The molecule has 3 aromatic heterocycles. The highest BCUT2D eigenvalue weighted by Gasteiger charge is 2.25. The van der Waals surface area contributed by atoms with Gasteiger partial charge in [-0.05, 0) is 50.4 Å². The summed E-state index contributed by atoms with van der Waals surface area (Å²) >= 11 is 0. The number of hydrazine groups is 1. The minimum atomic E-state index is -0.634. The quantitative estimate of drug-likeness (QED) is 0.208. The number of fused-ring (bicyclic) bond motifs is 1. The van der Waals surface area contributed by atoms with Crippen molar-refractivity contribution < 1.29 is 13.9 Å². The molecule has 1 amide bonds. The molecule has 0 radical (unpaired) electrons. The van der Waals surface area contributed by atoms with E-state index in [2.05, 4.69) is 46.0 Å².